The molecule has 2 amide bonds. The average Bonchev–Trinajstić information content (AvgIpc) is 2.99. The lowest BCUT2D eigenvalue weighted by Crippen LogP contribution is -2.44. The van der Waals surface area contributed by atoms with Gasteiger partial charge in [-0.25, -0.2) is 17.9 Å². The first kappa shape index (κ1) is 16.8. The van der Waals surface area contributed by atoms with Crippen LogP contribution < -0.4 is 15.4 Å². The van der Waals surface area contributed by atoms with Crippen molar-refractivity contribution in [3.05, 3.63) is 24.2 Å². The summed E-state index contributed by atoms with van der Waals surface area (Å²) in [5.74, 6) is 0.387. The van der Waals surface area contributed by atoms with Gasteiger partial charge in [0.1, 0.15) is 5.76 Å². The van der Waals surface area contributed by atoms with E-state index >= 15 is 0 Å². The normalized spacial score (nSPS) is 16.4. The summed E-state index contributed by atoms with van der Waals surface area (Å²) >= 11 is 0. The fourth-order valence-corrected chi connectivity index (χ4v) is 3.33. The Balaban J connectivity index is 1.62. The second-order valence-corrected chi connectivity index (χ2v) is 7.38. The van der Waals surface area contributed by atoms with Crippen molar-refractivity contribution in [2.24, 2.45) is 0 Å². The standard InChI is InChI=1S/C14H23N3O4S/c18-14(17-12-5-2-1-3-6-12)15-8-10-22(19,20)16-11-13-7-4-9-21-13/h4,7,9,12,16H,1-3,5-6,8,10-11H2,(H2,15,17,18). The van der Waals surface area contributed by atoms with Crippen LogP contribution in [0.2, 0.25) is 0 Å². The molecule has 0 aromatic carbocycles. The number of rotatable bonds is 7. The summed E-state index contributed by atoms with van der Waals surface area (Å²) in [7, 11) is -3.44. The van der Waals surface area contributed by atoms with Crippen molar-refractivity contribution in [3.8, 4) is 0 Å². The Morgan fingerprint density at radius 1 is 1.27 bits per heavy atom. The van der Waals surface area contributed by atoms with Crippen molar-refractivity contribution in [3.63, 3.8) is 0 Å². The molecule has 8 heteroatoms. The van der Waals surface area contributed by atoms with Crippen molar-refractivity contribution in [2.45, 2.75) is 44.7 Å². The number of amides is 2. The highest BCUT2D eigenvalue weighted by Gasteiger charge is 2.16. The quantitative estimate of drug-likeness (QED) is 0.702. The van der Waals surface area contributed by atoms with Crippen molar-refractivity contribution in [1.29, 1.82) is 0 Å². The molecule has 22 heavy (non-hydrogen) atoms. The van der Waals surface area contributed by atoms with Gasteiger partial charge in [0.25, 0.3) is 0 Å². The van der Waals surface area contributed by atoms with E-state index in [0.717, 1.165) is 25.7 Å². The lowest BCUT2D eigenvalue weighted by Gasteiger charge is -2.22. The minimum absolute atomic E-state index is 0.0754. The average molecular weight is 329 g/mol. The Labute approximate surface area is 130 Å². The summed E-state index contributed by atoms with van der Waals surface area (Å²) in [4.78, 5) is 11.7. The highest BCUT2D eigenvalue weighted by Crippen LogP contribution is 2.17. The van der Waals surface area contributed by atoms with Gasteiger partial charge in [-0.1, -0.05) is 19.3 Å². The Bertz CT molecular complexity index is 551. The second kappa shape index (κ2) is 8.19. The molecule has 1 fully saturated rings. The van der Waals surface area contributed by atoms with Crippen LogP contribution in [-0.4, -0.2) is 32.8 Å². The number of carbonyl (C=O) groups is 1. The van der Waals surface area contributed by atoms with Crippen LogP contribution >= 0.6 is 0 Å². The Morgan fingerprint density at radius 3 is 2.73 bits per heavy atom. The van der Waals surface area contributed by atoms with Crippen LogP contribution in [0.25, 0.3) is 0 Å². The largest absolute Gasteiger partial charge is 0.468 e. The van der Waals surface area contributed by atoms with E-state index < -0.39 is 10.0 Å². The van der Waals surface area contributed by atoms with Gasteiger partial charge in [-0.15, -0.1) is 0 Å². The minimum atomic E-state index is -3.44. The summed E-state index contributed by atoms with van der Waals surface area (Å²) < 4.78 is 31.0. The third kappa shape index (κ3) is 6.07. The topological polar surface area (TPSA) is 100 Å². The molecule has 1 aromatic rings. The predicted octanol–water partition coefficient (Wildman–Crippen LogP) is 1.33. The number of carbonyl (C=O) groups excluding carboxylic acids is 1. The zero-order valence-corrected chi connectivity index (χ0v) is 13.3. The van der Waals surface area contributed by atoms with Crippen molar-refractivity contribution in [1.82, 2.24) is 15.4 Å². The van der Waals surface area contributed by atoms with Crippen LogP contribution in [0.3, 0.4) is 0 Å². The van der Waals surface area contributed by atoms with Crippen molar-refractivity contribution >= 4 is 16.1 Å². The molecule has 0 unspecified atom stereocenters. The summed E-state index contributed by atoms with van der Waals surface area (Å²) in [6.07, 6.45) is 6.97. The number of hydrogen-bond donors (Lipinski definition) is 3. The molecule has 7 nitrogen and oxygen atoms in total. The zero-order valence-electron chi connectivity index (χ0n) is 12.5. The van der Waals surface area contributed by atoms with Gasteiger partial charge in [0.05, 0.1) is 18.6 Å². The first-order valence-electron chi connectivity index (χ1n) is 7.59. The van der Waals surface area contributed by atoms with E-state index in [9.17, 15) is 13.2 Å². The van der Waals surface area contributed by atoms with E-state index in [0.29, 0.717) is 5.76 Å². The van der Waals surface area contributed by atoms with E-state index in [-0.39, 0.29) is 30.9 Å². The van der Waals surface area contributed by atoms with Gasteiger partial charge >= 0.3 is 6.03 Å². The Hall–Kier alpha value is -1.54. The van der Waals surface area contributed by atoms with Gasteiger partial charge in [-0.05, 0) is 25.0 Å². The van der Waals surface area contributed by atoms with E-state index in [2.05, 4.69) is 15.4 Å². The molecule has 2 rings (SSSR count). The van der Waals surface area contributed by atoms with Crippen LogP contribution in [0.4, 0.5) is 4.79 Å². The zero-order chi connectivity index (χ0) is 15.8. The van der Waals surface area contributed by atoms with Gasteiger partial charge in [0.15, 0.2) is 0 Å². The maximum atomic E-state index is 11.8. The van der Waals surface area contributed by atoms with Crippen LogP contribution in [0.1, 0.15) is 37.9 Å². The molecule has 0 aliphatic heterocycles. The molecule has 0 radical (unpaired) electrons. The van der Waals surface area contributed by atoms with Gasteiger partial charge in [0.2, 0.25) is 10.0 Å². The smallest absolute Gasteiger partial charge is 0.315 e. The van der Waals surface area contributed by atoms with Gasteiger partial charge < -0.3 is 15.1 Å². The fraction of sp³-hybridized carbons (Fsp3) is 0.643. The predicted molar refractivity (Wildman–Crippen MR) is 82.7 cm³/mol. The number of sulfonamides is 1. The molecule has 1 aromatic heterocycles. The summed E-state index contributed by atoms with van der Waals surface area (Å²) in [5, 5.41) is 5.47. The van der Waals surface area contributed by atoms with Crippen LogP contribution in [-0.2, 0) is 16.6 Å². The lowest BCUT2D eigenvalue weighted by atomic mass is 9.96. The SMILES string of the molecule is O=C(NCCS(=O)(=O)NCc1ccco1)NC1CCCCC1. The minimum Gasteiger partial charge on any atom is -0.468 e. The van der Waals surface area contributed by atoms with Gasteiger partial charge in [0, 0.05) is 12.6 Å². The Kier molecular flexibility index (Phi) is 6.26. The number of furan rings is 1. The maximum Gasteiger partial charge on any atom is 0.315 e. The van der Waals surface area contributed by atoms with E-state index in [4.69, 9.17) is 4.42 Å². The summed E-state index contributed by atoms with van der Waals surface area (Å²) in [6.45, 7) is 0.190. The molecular formula is C14H23N3O4S. The van der Waals surface area contributed by atoms with E-state index in [1.807, 2.05) is 0 Å². The van der Waals surface area contributed by atoms with E-state index in [1.54, 1.807) is 12.1 Å². The van der Waals surface area contributed by atoms with Gasteiger partial charge in [-0.3, -0.25) is 0 Å². The maximum absolute atomic E-state index is 11.8. The molecule has 1 aliphatic carbocycles. The highest BCUT2D eigenvalue weighted by molar-refractivity contribution is 7.89. The molecule has 1 saturated carbocycles. The second-order valence-electron chi connectivity index (χ2n) is 5.45. The Morgan fingerprint density at radius 2 is 2.05 bits per heavy atom. The molecule has 3 N–H and O–H groups in total. The third-order valence-electron chi connectivity index (χ3n) is 3.64. The molecule has 1 aliphatic rings. The van der Waals surface area contributed by atoms with Crippen LogP contribution in [0, 0.1) is 0 Å². The van der Waals surface area contributed by atoms with Crippen LogP contribution in [0.15, 0.2) is 22.8 Å². The molecule has 1 heterocycles. The van der Waals surface area contributed by atoms with Crippen molar-refractivity contribution in [2.75, 3.05) is 12.3 Å². The monoisotopic (exact) mass is 329 g/mol. The summed E-state index contributed by atoms with van der Waals surface area (Å²) in [5.41, 5.74) is 0. The van der Waals surface area contributed by atoms with E-state index in [1.165, 1.54) is 12.7 Å². The number of nitrogens with one attached hydrogen (secondary N) is 3. The lowest BCUT2D eigenvalue weighted by molar-refractivity contribution is 0.233. The van der Waals surface area contributed by atoms with Crippen LogP contribution in [0.5, 0.6) is 0 Å². The first-order valence-corrected chi connectivity index (χ1v) is 9.24. The van der Waals surface area contributed by atoms with Crippen molar-refractivity contribution < 1.29 is 17.6 Å². The molecule has 0 spiro atoms. The first-order chi connectivity index (χ1) is 10.6. The summed E-state index contributed by atoms with van der Waals surface area (Å²) in [6, 6.07) is 3.30. The fourth-order valence-electron chi connectivity index (χ4n) is 2.45. The third-order valence-corrected chi connectivity index (χ3v) is 4.97. The molecule has 124 valence electrons. The molecule has 0 atom stereocenters. The number of urea groups is 1. The molecule has 0 saturated heterocycles. The number of hydrogen-bond acceptors (Lipinski definition) is 4. The molecular weight excluding hydrogens is 306 g/mol. The highest BCUT2D eigenvalue weighted by atomic mass is 32.2. The van der Waals surface area contributed by atoms with Gasteiger partial charge in [-0.2, -0.15) is 0 Å². The molecule has 0 bridgehead atoms.